The average Bonchev–Trinajstić information content (AvgIpc) is 1.94. The number of hydrogen-bond acceptors (Lipinski definition) is 2. The third-order valence-corrected chi connectivity index (χ3v) is 1.73. The minimum atomic E-state index is -6.79. The molecule has 0 aliphatic rings. The van der Waals surface area contributed by atoms with E-state index in [1.165, 1.54) is 0 Å². The summed E-state index contributed by atoms with van der Waals surface area (Å²) < 4.78 is 112. The Labute approximate surface area is 113 Å². The van der Waals surface area contributed by atoms with Crippen molar-refractivity contribution < 1.29 is 68.2 Å². The van der Waals surface area contributed by atoms with Gasteiger partial charge in [-0.15, -0.1) is 6.10 Å². The van der Waals surface area contributed by atoms with Crippen LogP contribution in [0.5, 0.6) is 0 Å². The van der Waals surface area contributed by atoms with Gasteiger partial charge in [0.15, 0.2) is 0 Å². The van der Waals surface area contributed by atoms with E-state index in [0.717, 1.165) is 0 Å². The van der Waals surface area contributed by atoms with Gasteiger partial charge in [-0.05, 0) is 0 Å². The first-order valence-corrected chi connectivity index (χ1v) is 4.16. The zero-order chi connectivity index (χ0) is 15.0. The Balaban J connectivity index is 0. The fourth-order valence-corrected chi connectivity index (χ4v) is 0.970. The zero-order valence-electron chi connectivity index (χ0n) is 9.50. The van der Waals surface area contributed by atoms with Crippen LogP contribution in [0.4, 0.5) is 39.5 Å². The van der Waals surface area contributed by atoms with E-state index in [-0.39, 0.29) is 18.9 Å². The molecule has 0 aliphatic heterocycles. The van der Waals surface area contributed by atoms with E-state index in [4.69, 9.17) is 0 Å². The second-order valence-electron chi connectivity index (χ2n) is 3.30. The molecule has 12 heteroatoms. The van der Waals surface area contributed by atoms with Crippen LogP contribution >= 0.6 is 0 Å². The van der Waals surface area contributed by atoms with Gasteiger partial charge >= 0.3 is 43.0 Å². The van der Waals surface area contributed by atoms with Gasteiger partial charge in [-0.1, -0.05) is 6.92 Å². The van der Waals surface area contributed by atoms with Crippen molar-refractivity contribution >= 4 is 0 Å². The Morgan fingerprint density at radius 1 is 0.842 bits per heavy atom. The summed E-state index contributed by atoms with van der Waals surface area (Å²) in [5, 5.41) is 10.3. The maximum Gasteiger partial charge on any atom is 1.00 e. The van der Waals surface area contributed by atoms with E-state index in [1.54, 1.807) is 0 Å². The van der Waals surface area contributed by atoms with E-state index in [1.807, 2.05) is 0 Å². The molecule has 0 bridgehead atoms. The summed E-state index contributed by atoms with van der Waals surface area (Å²) in [6.07, 6.45) is -22.6. The number of alkyl halides is 9. The van der Waals surface area contributed by atoms with Crippen molar-refractivity contribution in [2.45, 2.75) is 37.2 Å². The molecule has 0 rings (SSSR count). The van der Waals surface area contributed by atoms with Crippen LogP contribution in [0, 0.1) is 0 Å². The predicted octanol–water partition coefficient (Wildman–Crippen LogP) is -0.819. The second-order valence-corrected chi connectivity index (χ2v) is 3.30. The fraction of sp³-hybridized carbons (Fsp3) is 1.00. The van der Waals surface area contributed by atoms with Crippen LogP contribution in [0.1, 0.15) is 6.92 Å². The van der Waals surface area contributed by atoms with Crippen LogP contribution in [0.3, 0.4) is 0 Å². The summed E-state index contributed by atoms with van der Waals surface area (Å²) in [5.74, 6) is 0. The standard InChI is InChI=1S/C7H6F9O2.Li/c1-3(17)2-18-4(5(8,9)10,6(11,12)13)7(14,15)16;/h3H,2H2,1H3;/q-1;+1. The number of ether oxygens (including phenoxy) is 1. The first-order valence-electron chi connectivity index (χ1n) is 4.16. The first kappa shape index (κ1) is 21.2. The van der Waals surface area contributed by atoms with Crippen molar-refractivity contribution in [3.8, 4) is 0 Å². The summed E-state index contributed by atoms with van der Waals surface area (Å²) in [6.45, 7) is -1.33. The largest absolute Gasteiger partial charge is 1.00 e. The van der Waals surface area contributed by atoms with Crippen LogP contribution in [-0.4, -0.2) is 36.8 Å². The normalized spacial score (nSPS) is 15.9. The molecule has 0 aromatic carbocycles. The quantitative estimate of drug-likeness (QED) is 0.504. The Morgan fingerprint density at radius 3 is 1.26 bits per heavy atom. The minimum Gasteiger partial charge on any atom is -0.851 e. The molecule has 1 unspecified atom stereocenters. The zero-order valence-corrected chi connectivity index (χ0v) is 9.50. The predicted molar refractivity (Wildman–Crippen MR) is 36.3 cm³/mol. The first-order chi connectivity index (χ1) is 7.67. The third kappa shape index (κ3) is 4.17. The molecular weight excluding hydrogens is 294 g/mol. The SMILES string of the molecule is CC([O-])COC(C(F)(F)F)(C(F)(F)F)C(F)(F)F.[Li+]. The smallest absolute Gasteiger partial charge is 0.851 e. The number of rotatable bonds is 3. The second kappa shape index (κ2) is 6.11. The fourth-order valence-electron chi connectivity index (χ4n) is 0.970. The minimum absolute atomic E-state index is 0. The molecular formula is C7H6F9LiO2. The summed E-state index contributed by atoms with van der Waals surface area (Å²) in [6, 6.07) is 0. The van der Waals surface area contributed by atoms with Gasteiger partial charge in [0, 0.05) is 6.61 Å². The van der Waals surface area contributed by atoms with Crippen LogP contribution in [0.2, 0.25) is 0 Å². The Hall–Kier alpha value is -0.113. The van der Waals surface area contributed by atoms with Crippen molar-refractivity contribution in [1.82, 2.24) is 0 Å². The molecule has 0 saturated carbocycles. The van der Waals surface area contributed by atoms with Gasteiger partial charge in [0.05, 0.1) is 0 Å². The van der Waals surface area contributed by atoms with Crippen LogP contribution in [0.15, 0.2) is 0 Å². The molecule has 1 atom stereocenters. The van der Waals surface area contributed by atoms with Crippen LogP contribution in [-0.2, 0) is 4.74 Å². The van der Waals surface area contributed by atoms with Gasteiger partial charge in [0.2, 0.25) is 0 Å². The number of hydrogen-bond donors (Lipinski definition) is 0. The van der Waals surface area contributed by atoms with Gasteiger partial charge in [-0.25, -0.2) is 0 Å². The molecule has 0 aromatic heterocycles. The van der Waals surface area contributed by atoms with E-state index in [0.29, 0.717) is 6.92 Å². The summed E-state index contributed by atoms with van der Waals surface area (Å²) in [5.41, 5.74) is -6.36. The molecule has 0 aliphatic carbocycles. The summed E-state index contributed by atoms with van der Waals surface area (Å²) in [7, 11) is 0. The van der Waals surface area contributed by atoms with Crippen molar-refractivity contribution in [2.75, 3.05) is 6.61 Å². The molecule has 0 amide bonds. The van der Waals surface area contributed by atoms with Gasteiger partial charge < -0.3 is 9.84 Å². The van der Waals surface area contributed by atoms with E-state index >= 15 is 0 Å². The van der Waals surface area contributed by atoms with Gasteiger partial charge in [-0.3, -0.25) is 0 Å². The molecule has 0 N–H and O–H groups in total. The Kier molecular flexibility index (Phi) is 6.82. The van der Waals surface area contributed by atoms with Crippen LogP contribution < -0.4 is 24.0 Å². The number of halogens is 9. The van der Waals surface area contributed by atoms with Crippen LogP contribution in [0.25, 0.3) is 0 Å². The average molecular weight is 300 g/mol. The topological polar surface area (TPSA) is 32.3 Å². The Morgan fingerprint density at radius 2 is 1.11 bits per heavy atom. The van der Waals surface area contributed by atoms with Gasteiger partial charge in [-0.2, -0.15) is 39.5 Å². The molecule has 0 spiro atoms. The van der Waals surface area contributed by atoms with Crippen molar-refractivity contribution in [1.29, 1.82) is 0 Å². The van der Waals surface area contributed by atoms with Crippen molar-refractivity contribution in [2.24, 2.45) is 0 Å². The summed E-state index contributed by atoms with van der Waals surface area (Å²) >= 11 is 0. The third-order valence-electron chi connectivity index (χ3n) is 1.73. The molecule has 0 fully saturated rings. The molecule has 110 valence electrons. The maximum absolute atomic E-state index is 12.2. The van der Waals surface area contributed by atoms with E-state index < -0.39 is 36.8 Å². The van der Waals surface area contributed by atoms with Crippen molar-refractivity contribution in [3.05, 3.63) is 0 Å². The van der Waals surface area contributed by atoms with Gasteiger partial charge in [0.25, 0.3) is 0 Å². The van der Waals surface area contributed by atoms with Gasteiger partial charge in [0.1, 0.15) is 0 Å². The molecule has 2 nitrogen and oxygen atoms in total. The molecule has 0 aromatic rings. The molecule has 19 heavy (non-hydrogen) atoms. The maximum atomic E-state index is 12.2. The molecule has 0 saturated heterocycles. The summed E-state index contributed by atoms with van der Waals surface area (Å²) in [4.78, 5) is 0. The Bertz CT molecular complexity index is 244. The monoisotopic (exact) mass is 300 g/mol. The van der Waals surface area contributed by atoms with Crippen molar-refractivity contribution in [3.63, 3.8) is 0 Å². The molecule has 0 heterocycles. The van der Waals surface area contributed by atoms with E-state index in [2.05, 4.69) is 4.74 Å². The molecule has 0 radical (unpaired) electrons. The van der Waals surface area contributed by atoms with E-state index in [9.17, 15) is 44.6 Å².